The first kappa shape index (κ1) is 13.7. The number of pyridine rings is 1. The number of amides is 1. The van der Waals surface area contributed by atoms with Gasteiger partial charge in [0.15, 0.2) is 0 Å². The molecule has 3 unspecified atom stereocenters. The van der Waals surface area contributed by atoms with E-state index in [1.807, 2.05) is 19.1 Å². The van der Waals surface area contributed by atoms with Gasteiger partial charge in [0, 0.05) is 35.4 Å². The summed E-state index contributed by atoms with van der Waals surface area (Å²) in [5, 5.41) is 4.20. The zero-order valence-corrected chi connectivity index (χ0v) is 13.2. The number of aromatic nitrogens is 1. The molecule has 0 aromatic carbocycles. The predicted molar refractivity (Wildman–Crippen MR) is 88.0 cm³/mol. The van der Waals surface area contributed by atoms with Crippen molar-refractivity contribution in [1.82, 2.24) is 15.2 Å². The van der Waals surface area contributed by atoms with Crippen molar-refractivity contribution in [2.45, 2.75) is 19.4 Å². The van der Waals surface area contributed by atoms with Crippen LogP contribution < -0.4 is 5.32 Å². The van der Waals surface area contributed by atoms with Crippen LogP contribution in [0.5, 0.6) is 0 Å². The Balaban J connectivity index is 1.54. The number of piperidine rings is 1. The standard InChI is InChI=1S/C17H17N3OS/c1-2-3-13-6-12-8-18-14(7-16(12)22-13)17(21)19-15-10-20-5-4-11(15)9-20/h6-8,11,15H,4-5,9-10H2,1H3,(H,19,21). The summed E-state index contributed by atoms with van der Waals surface area (Å²) in [6.07, 6.45) is 2.97. The zero-order valence-electron chi connectivity index (χ0n) is 12.4. The number of carbonyl (C=O) groups is 1. The summed E-state index contributed by atoms with van der Waals surface area (Å²) in [5.41, 5.74) is 0.503. The highest BCUT2D eigenvalue weighted by atomic mass is 32.1. The molecule has 4 nitrogen and oxygen atoms in total. The number of thiophene rings is 1. The molecule has 2 bridgehead atoms. The highest BCUT2D eigenvalue weighted by molar-refractivity contribution is 7.19. The predicted octanol–water partition coefficient (Wildman–Crippen LogP) is 2.10. The molecule has 0 aliphatic carbocycles. The second-order valence-corrected chi connectivity index (χ2v) is 7.07. The Kier molecular flexibility index (Phi) is 3.36. The third-order valence-corrected chi connectivity index (χ3v) is 5.54. The van der Waals surface area contributed by atoms with Crippen LogP contribution in [-0.2, 0) is 0 Å². The van der Waals surface area contributed by atoms with Gasteiger partial charge in [0.1, 0.15) is 5.69 Å². The molecule has 2 fully saturated rings. The molecule has 4 heterocycles. The SMILES string of the molecule is CC#Cc1cc2cnc(C(=O)NC3CN4CCC3C4)cc2s1. The topological polar surface area (TPSA) is 45.2 Å². The first-order chi connectivity index (χ1) is 10.7. The van der Waals surface area contributed by atoms with Crippen LogP contribution in [0.2, 0.25) is 0 Å². The smallest absolute Gasteiger partial charge is 0.270 e. The Labute approximate surface area is 133 Å². The van der Waals surface area contributed by atoms with E-state index in [0.717, 1.165) is 28.1 Å². The lowest BCUT2D eigenvalue weighted by atomic mass is 10.00. The minimum atomic E-state index is -0.0582. The van der Waals surface area contributed by atoms with Crippen molar-refractivity contribution in [1.29, 1.82) is 0 Å². The first-order valence-electron chi connectivity index (χ1n) is 7.58. The molecule has 22 heavy (non-hydrogen) atoms. The van der Waals surface area contributed by atoms with Crippen molar-refractivity contribution in [2.75, 3.05) is 19.6 Å². The molecular weight excluding hydrogens is 294 g/mol. The maximum absolute atomic E-state index is 12.4. The van der Waals surface area contributed by atoms with Gasteiger partial charge in [-0.15, -0.1) is 17.3 Å². The number of hydrogen-bond acceptors (Lipinski definition) is 4. The number of fused-ring (bicyclic) bond motifs is 3. The normalized spacial score (nSPS) is 26.0. The largest absolute Gasteiger partial charge is 0.346 e. The van der Waals surface area contributed by atoms with Crippen molar-refractivity contribution < 1.29 is 4.79 Å². The van der Waals surface area contributed by atoms with Gasteiger partial charge in [-0.25, -0.2) is 0 Å². The minimum absolute atomic E-state index is 0.0582. The summed E-state index contributed by atoms with van der Waals surface area (Å²) >= 11 is 1.61. The van der Waals surface area contributed by atoms with Crippen LogP contribution in [0.3, 0.4) is 0 Å². The number of nitrogens with zero attached hydrogens (tertiary/aromatic N) is 2. The molecule has 4 rings (SSSR count). The van der Waals surface area contributed by atoms with Crippen LogP contribution in [0.25, 0.3) is 10.1 Å². The Bertz CT molecular complexity index is 801. The summed E-state index contributed by atoms with van der Waals surface area (Å²) in [5.74, 6) is 6.51. The second kappa shape index (κ2) is 5.38. The average molecular weight is 311 g/mol. The van der Waals surface area contributed by atoms with E-state index in [4.69, 9.17) is 0 Å². The van der Waals surface area contributed by atoms with Gasteiger partial charge in [-0.05, 0) is 37.9 Å². The summed E-state index contributed by atoms with van der Waals surface area (Å²) in [7, 11) is 0. The van der Waals surface area contributed by atoms with E-state index < -0.39 is 0 Å². The van der Waals surface area contributed by atoms with Gasteiger partial charge in [0.2, 0.25) is 0 Å². The second-order valence-electron chi connectivity index (χ2n) is 5.98. The van der Waals surface area contributed by atoms with Crippen LogP contribution in [0.15, 0.2) is 18.3 Å². The number of nitrogens with one attached hydrogen (secondary N) is 1. The van der Waals surface area contributed by atoms with E-state index in [2.05, 4.69) is 27.0 Å². The zero-order chi connectivity index (χ0) is 15.1. The van der Waals surface area contributed by atoms with Crippen molar-refractivity contribution in [2.24, 2.45) is 5.92 Å². The molecule has 0 saturated carbocycles. The van der Waals surface area contributed by atoms with Gasteiger partial charge < -0.3 is 10.2 Å². The molecule has 0 radical (unpaired) electrons. The van der Waals surface area contributed by atoms with Gasteiger partial charge in [-0.1, -0.05) is 5.92 Å². The van der Waals surface area contributed by atoms with E-state index in [9.17, 15) is 4.79 Å². The van der Waals surface area contributed by atoms with Crippen molar-refractivity contribution >= 4 is 27.3 Å². The van der Waals surface area contributed by atoms with E-state index in [0.29, 0.717) is 11.6 Å². The Morgan fingerprint density at radius 1 is 1.45 bits per heavy atom. The number of rotatable bonds is 2. The lowest BCUT2D eigenvalue weighted by Crippen LogP contribution is -2.43. The van der Waals surface area contributed by atoms with Gasteiger partial charge in [-0.2, -0.15) is 0 Å². The monoisotopic (exact) mass is 311 g/mol. The minimum Gasteiger partial charge on any atom is -0.346 e. The Morgan fingerprint density at radius 3 is 3.09 bits per heavy atom. The van der Waals surface area contributed by atoms with Gasteiger partial charge in [0.05, 0.1) is 4.88 Å². The van der Waals surface area contributed by atoms with Crippen LogP contribution in [0, 0.1) is 17.8 Å². The molecule has 2 aliphatic rings. The fraction of sp³-hybridized carbons (Fsp3) is 0.412. The molecule has 112 valence electrons. The molecule has 1 amide bonds. The molecular formula is C17H17N3OS. The summed E-state index contributed by atoms with van der Waals surface area (Å²) < 4.78 is 1.06. The van der Waals surface area contributed by atoms with Crippen LogP contribution in [0.1, 0.15) is 28.7 Å². The van der Waals surface area contributed by atoms with Crippen LogP contribution >= 0.6 is 11.3 Å². The molecule has 5 heteroatoms. The lowest BCUT2D eigenvalue weighted by molar-refractivity contribution is 0.0919. The van der Waals surface area contributed by atoms with Crippen molar-refractivity contribution in [3.05, 3.63) is 28.9 Å². The first-order valence-corrected chi connectivity index (χ1v) is 8.40. The third kappa shape index (κ3) is 2.39. The van der Waals surface area contributed by atoms with Crippen LogP contribution in [0.4, 0.5) is 0 Å². The highest BCUT2D eigenvalue weighted by Gasteiger charge is 2.38. The molecule has 2 aromatic heterocycles. The average Bonchev–Trinajstić information content (AvgIpc) is 3.20. The van der Waals surface area contributed by atoms with E-state index in [1.54, 1.807) is 17.5 Å². The maximum Gasteiger partial charge on any atom is 0.270 e. The molecule has 2 saturated heterocycles. The van der Waals surface area contributed by atoms with Gasteiger partial charge in [-0.3, -0.25) is 9.78 Å². The lowest BCUT2D eigenvalue weighted by Gasteiger charge is -2.22. The summed E-state index contributed by atoms with van der Waals surface area (Å²) in [6, 6.07) is 4.18. The fourth-order valence-corrected chi connectivity index (χ4v) is 4.41. The quantitative estimate of drug-likeness (QED) is 0.864. The molecule has 1 N–H and O–H groups in total. The Hall–Kier alpha value is -1.90. The van der Waals surface area contributed by atoms with Gasteiger partial charge in [0.25, 0.3) is 5.91 Å². The summed E-state index contributed by atoms with van der Waals surface area (Å²) in [4.78, 5) is 20.2. The van der Waals surface area contributed by atoms with E-state index >= 15 is 0 Å². The van der Waals surface area contributed by atoms with E-state index in [1.165, 1.54) is 13.0 Å². The fourth-order valence-electron chi connectivity index (χ4n) is 3.43. The van der Waals surface area contributed by atoms with Crippen molar-refractivity contribution in [3.63, 3.8) is 0 Å². The molecule has 3 atom stereocenters. The highest BCUT2D eigenvalue weighted by Crippen LogP contribution is 2.28. The Morgan fingerprint density at radius 2 is 2.36 bits per heavy atom. The van der Waals surface area contributed by atoms with Crippen LogP contribution in [-0.4, -0.2) is 41.5 Å². The number of hydrogen-bond donors (Lipinski definition) is 1. The summed E-state index contributed by atoms with van der Waals surface area (Å²) in [6.45, 7) is 5.11. The van der Waals surface area contributed by atoms with E-state index in [-0.39, 0.29) is 11.9 Å². The maximum atomic E-state index is 12.4. The third-order valence-electron chi connectivity index (χ3n) is 4.53. The van der Waals surface area contributed by atoms with Gasteiger partial charge >= 0.3 is 0 Å². The molecule has 2 aliphatic heterocycles. The van der Waals surface area contributed by atoms with Crippen molar-refractivity contribution in [3.8, 4) is 11.8 Å². The molecule has 2 aromatic rings. The number of carbonyl (C=O) groups excluding carboxylic acids is 1. The molecule has 0 spiro atoms.